The first-order valence-electron chi connectivity index (χ1n) is 8.52. The Morgan fingerprint density at radius 1 is 0.923 bits per heavy atom. The highest BCUT2D eigenvalue weighted by molar-refractivity contribution is 5.91. The Kier molecular flexibility index (Phi) is 7.43. The summed E-state index contributed by atoms with van der Waals surface area (Å²) < 4.78 is 15.6. The zero-order chi connectivity index (χ0) is 18.8. The SMILES string of the molecule is CCCOC(=O)/C=C/c1ccc(OC(=O)c2ccc(OCC)cc2)cc1. The number of carbonyl (C=O) groups excluding carboxylic acids is 2. The van der Waals surface area contributed by atoms with Gasteiger partial charge < -0.3 is 14.2 Å². The second kappa shape index (κ2) is 10.0. The maximum Gasteiger partial charge on any atom is 0.343 e. The van der Waals surface area contributed by atoms with Crippen molar-refractivity contribution in [3.63, 3.8) is 0 Å². The molecule has 26 heavy (non-hydrogen) atoms. The highest BCUT2D eigenvalue weighted by Crippen LogP contribution is 2.17. The lowest BCUT2D eigenvalue weighted by Gasteiger charge is -2.06. The molecule has 0 N–H and O–H groups in total. The normalized spacial score (nSPS) is 10.5. The largest absolute Gasteiger partial charge is 0.494 e. The number of ether oxygens (including phenoxy) is 3. The molecule has 0 amide bonds. The molecular weight excluding hydrogens is 332 g/mol. The average Bonchev–Trinajstić information content (AvgIpc) is 2.66. The lowest BCUT2D eigenvalue weighted by Crippen LogP contribution is -2.08. The number of hydrogen-bond acceptors (Lipinski definition) is 5. The van der Waals surface area contributed by atoms with Gasteiger partial charge in [-0.05, 0) is 61.4 Å². The molecule has 5 heteroatoms. The minimum absolute atomic E-state index is 0.377. The van der Waals surface area contributed by atoms with E-state index in [1.807, 2.05) is 13.8 Å². The van der Waals surface area contributed by atoms with E-state index in [2.05, 4.69) is 0 Å². The van der Waals surface area contributed by atoms with Crippen molar-refractivity contribution in [1.29, 1.82) is 0 Å². The quantitative estimate of drug-likeness (QED) is 0.402. The van der Waals surface area contributed by atoms with E-state index in [1.54, 1.807) is 54.6 Å². The van der Waals surface area contributed by atoms with E-state index >= 15 is 0 Å². The van der Waals surface area contributed by atoms with Gasteiger partial charge in [0.05, 0.1) is 18.8 Å². The Morgan fingerprint density at radius 3 is 2.19 bits per heavy atom. The van der Waals surface area contributed by atoms with Crippen LogP contribution in [0.25, 0.3) is 6.08 Å². The van der Waals surface area contributed by atoms with Crippen LogP contribution < -0.4 is 9.47 Å². The van der Waals surface area contributed by atoms with E-state index in [0.717, 1.165) is 12.0 Å². The van der Waals surface area contributed by atoms with Crippen molar-refractivity contribution in [2.45, 2.75) is 20.3 Å². The first-order chi connectivity index (χ1) is 12.6. The molecular formula is C21H22O5. The van der Waals surface area contributed by atoms with Crippen molar-refractivity contribution in [2.24, 2.45) is 0 Å². The number of benzene rings is 2. The van der Waals surface area contributed by atoms with E-state index < -0.39 is 5.97 Å². The topological polar surface area (TPSA) is 61.8 Å². The predicted octanol–water partition coefficient (Wildman–Crippen LogP) is 4.27. The molecule has 2 aromatic carbocycles. The van der Waals surface area contributed by atoms with Crippen molar-refractivity contribution in [2.75, 3.05) is 13.2 Å². The predicted molar refractivity (Wildman–Crippen MR) is 99.3 cm³/mol. The number of esters is 2. The molecule has 0 bridgehead atoms. The zero-order valence-corrected chi connectivity index (χ0v) is 14.9. The molecule has 2 aromatic rings. The minimum atomic E-state index is -0.445. The fraction of sp³-hybridized carbons (Fsp3) is 0.238. The lowest BCUT2D eigenvalue weighted by atomic mass is 10.2. The van der Waals surface area contributed by atoms with Gasteiger partial charge in [-0.25, -0.2) is 9.59 Å². The van der Waals surface area contributed by atoms with Crippen molar-refractivity contribution in [3.8, 4) is 11.5 Å². The summed E-state index contributed by atoms with van der Waals surface area (Å²) in [5.74, 6) is 0.310. The third-order valence-corrected chi connectivity index (χ3v) is 3.35. The van der Waals surface area contributed by atoms with Crippen LogP contribution in [0.3, 0.4) is 0 Å². The summed E-state index contributed by atoms with van der Waals surface area (Å²) in [6.07, 6.45) is 3.81. The van der Waals surface area contributed by atoms with Crippen LogP contribution in [0.2, 0.25) is 0 Å². The van der Waals surface area contributed by atoms with Gasteiger partial charge in [0.1, 0.15) is 11.5 Å². The molecule has 0 aliphatic rings. The van der Waals surface area contributed by atoms with Crippen LogP contribution in [-0.4, -0.2) is 25.2 Å². The molecule has 0 atom stereocenters. The van der Waals surface area contributed by atoms with Crippen LogP contribution in [0.1, 0.15) is 36.2 Å². The molecule has 2 rings (SSSR count). The van der Waals surface area contributed by atoms with Gasteiger partial charge in [-0.3, -0.25) is 0 Å². The first kappa shape index (κ1) is 19.2. The molecule has 0 heterocycles. The van der Waals surface area contributed by atoms with Crippen LogP contribution in [0, 0.1) is 0 Å². The standard InChI is InChI=1S/C21H22O5/c1-3-15-25-20(22)14-7-16-5-10-19(11-6-16)26-21(23)17-8-12-18(13-9-17)24-4-2/h5-14H,3-4,15H2,1-2H3/b14-7+. The molecule has 0 aliphatic carbocycles. The lowest BCUT2D eigenvalue weighted by molar-refractivity contribution is -0.137. The second-order valence-electron chi connectivity index (χ2n) is 5.42. The zero-order valence-electron chi connectivity index (χ0n) is 14.9. The Balaban J connectivity index is 1.92. The van der Waals surface area contributed by atoms with Gasteiger partial charge in [-0.15, -0.1) is 0 Å². The van der Waals surface area contributed by atoms with Gasteiger partial charge in [0, 0.05) is 6.08 Å². The molecule has 0 spiro atoms. The summed E-state index contributed by atoms with van der Waals surface area (Å²) in [6.45, 7) is 4.81. The van der Waals surface area contributed by atoms with Gasteiger partial charge in [0.15, 0.2) is 0 Å². The van der Waals surface area contributed by atoms with Crippen molar-refractivity contribution in [1.82, 2.24) is 0 Å². The summed E-state index contributed by atoms with van der Waals surface area (Å²) in [7, 11) is 0. The first-order valence-corrected chi connectivity index (χ1v) is 8.52. The third-order valence-electron chi connectivity index (χ3n) is 3.35. The van der Waals surface area contributed by atoms with Gasteiger partial charge in [-0.2, -0.15) is 0 Å². The number of rotatable bonds is 8. The maximum absolute atomic E-state index is 12.1. The fourth-order valence-electron chi connectivity index (χ4n) is 2.08. The third kappa shape index (κ3) is 6.09. The molecule has 0 aliphatic heterocycles. The number of carbonyl (C=O) groups is 2. The Bertz CT molecular complexity index is 745. The summed E-state index contributed by atoms with van der Waals surface area (Å²) in [6, 6.07) is 13.6. The van der Waals surface area contributed by atoms with Crippen LogP contribution in [-0.2, 0) is 9.53 Å². The van der Waals surface area contributed by atoms with Crippen LogP contribution >= 0.6 is 0 Å². The highest BCUT2D eigenvalue weighted by Gasteiger charge is 2.08. The Morgan fingerprint density at radius 2 is 1.58 bits per heavy atom. The monoisotopic (exact) mass is 354 g/mol. The van der Waals surface area contributed by atoms with Crippen LogP contribution in [0.5, 0.6) is 11.5 Å². The van der Waals surface area contributed by atoms with E-state index in [4.69, 9.17) is 14.2 Å². The summed E-state index contributed by atoms with van der Waals surface area (Å²) in [4.78, 5) is 23.6. The van der Waals surface area contributed by atoms with Crippen LogP contribution in [0.15, 0.2) is 54.6 Å². The second-order valence-corrected chi connectivity index (χ2v) is 5.42. The van der Waals surface area contributed by atoms with Gasteiger partial charge >= 0.3 is 11.9 Å². The molecule has 0 saturated heterocycles. The van der Waals surface area contributed by atoms with Gasteiger partial charge in [-0.1, -0.05) is 19.1 Å². The van der Waals surface area contributed by atoms with Gasteiger partial charge in [0.2, 0.25) is 0 Å². The van der Waals surface area contributed by atoms with Gasteiger partial charge in [0.25, 0.3) is 0 Å². The number of hydrogen-bond donors (Lipinski definition) is 0. The fourth-order valence-corrected chi connectivity index (χ4v) is 2.08. The molecule has 0 saturated carbocycles. The Hall–Kier alpha value is -3.08. The molecule has 136 valence electrons. The van der Waals surface area contributed by atoms with E-state index in [9.17, 15) is 9.59 Å². The summed E-state index contributed by atoms with van der Waals surface area (Å²) in [5, 5.41) is 0. The van der Waals surface area contributed by atoms with E-state index in [-0.39, 0.29) is 5.97 Å². The summed E-state index contributed by atoms with van der Waals surface area (Å²) in [5.41, 5.74) is 1.25. The van der Waals surface area contributed by atoms with Crippen molar-refractivity contribution >= 4 is 18.0 Å². The smallest absolute Gasteiger partial charge is 0.343 e. The average molecular weight is 354 g/mol. The molecule has 5 nitrogen and oxygen atoms in total. The molecule has 0 fully saturated rings. The van der Waals surface area contributed by atoms with E-state index in [0.29, 0.717) is 30.3 Å². The maximum atomic E-state index is 12.1. The molecule has 0 aromatic heterocycles. The molecule has 0 radical (unpaired) electrons. The highest BCUT2D eigenvalue weighted by atomic mass is 16.5. The van der Waals surface area contributed by atoms with E-state index in [1.165, 1.54) is 6.08 Å². The Labute approximate surface area is 153 Å². The minimum Gasteiger partial charge on any atom is -0.494 e. The van der Waals surface area contributed by atoms with Crippen LogP contribution in [0.4, 0.5) is 0 Å². The van der Waals surface area contributed by atoms with Crippen molar-refractivity contribution < 1.29 is 23.8 Å². The summed E-state index contributed by atoms with van der Waals surface area (Å²) >= 11 is 0. The van der Waals surface area contributed by atoms with Crippen molar-refractivity contribution in [3.05, 3.63) is 65.7 Å². The molecule has 0 unspecified atom stereocenters.